The Kier molecular flexibility index (Phi) is 6.83. The number of rotatable bonds is 8. The van der Waals surface area contributed by atoms with Gasteiger partial charge in [0.2, 0.25) is 5.75 Å². The number of hydrogen-bond donors (Lipinski definition) is 0. The average Bonchev–Trinajstić information content (AvgIpc) is 2.56. The first-order valence-electron chi connectivity index (χ1n) is 8.66. The van der Waals surface area contributed by atoms with Gasteiger partial charge in [0.1, 0.15) is 11.3 Å². The fourth-order valence-corrected chi connectivity index (χ4v) is 2.36. The third kappa shape index (κ3) is 5.12. The van der Waals surface area contributed by atoms with Gasteiger partial charge in [0.15, 0.2) is 5.75 Å². The molecule has 0 aliphatic heterocycles. The van der Waals surface area contributed by atoms with Crippen LogP contribution in [0.15, 0.2) is 39.6 Å². The molecule has 6 heteroatoms. The molecule has 1 heterocycles. The Morgan fingerprint density at radius 1 is 1.23 bits per heavy atom. The van der Waals surface area contributed by atoms with Gasteiger partial charge < -0.3 is 18.6 Å². The molecule has 0 spiro atoms. The summed E-state index contributed by atoms with van der Waals surface area (Å²) >= 11 is 0. The van der Waals surface area contributed by atoms with Gasteiger partial charge in [-0.3, -0.25) is 4.79 Å². The van der Waals surface area contributed by atoms with Gasteiger partial charge in [0.25, 0.3) is 0 Å². The van der Waals surface area contributed by atoms with Crippen LogP contribution < -0.4 is 19.8 Å². The van der Waals surface area contributed by atoms with Crippen molar-refractivity contribution < 1.29 is 23.4 Å². The monoisotopic (exact) mass is 360 g/mol. The summed E-state index contributed by atoms with van der Waals surface area (Å²) in [6.45, 7) is 7.40. The highest BCUT2D eigenvalue weighted by molar-refractivity contribution is 5.87. The molecule has 2 rings (SSSR count). The number of esters is 1. The third-order valence-electron chi connectivity index (χ3n) is 3.34. The van der Waals surface area contributed by atoms with E-state index in [1.54, 1.807) is 12.1 Å². The predicted octanol–water partition coefficient (Wildman–Crippen LogP) is 4.24. The van der Waals surface area contributed by atoms with Crippen molar-refractivity contribution in [2.45, 2.75) is 46.6 Å². The number of benzene rings is 1. The highest BCUT2D eigenvalue weighted by atomic mass is 16.5. The summed E-state index contributed by atoms with van der Waals surface area (Å²) in [6, 6.07) is 4.79. The van der Waals surface area contributed by atoms with Crippen LogP contribution in [0.1, 0.15) is 40.5 Å². The summed E-state index contributed by atoms with van der Waals surface area (Å²) in [5.74, 6) is 0.226. The molecule has 26 heavy (non-hydrogen) atoms. The molecule has 0 aliphatic carbocycles. The number of hydrogen-bond acceptors (Lipinski definition) is 6. The zero-order valence-corrected chi connectivity index (χ0v) is 15.5. The minimum Gasteiger partial charge on any atom is -0.488 e. The van der Waals surface area contributed by atoms with E-state index in [4.69, 9.17) is 18.6 Å². The molecule has 0 saturated carbocycles. The molecule has 1 aromatic heterocycles. The second-order valence-electron chi connectivity index (χ2n) is 5.98. The maximum absolute atomic E-state index is 12.4. The van der Waals surface area contributed by atoms with Crippen molar-refractivity contribution in [3.05, 3.63) is 40.8 Å². The minimum atomic E-state index is -0.634. The van der Waals surface area contributed by atoms with E-state index in [1.165, 1.54) is 13.0 Å². The van der Waals surface area contributed by atoms with Crippen LogP contribution in [0, 0.1) is 0 Å². The fourth-order valence-electron chi connectivity index (χ4n) is 2.36. The van der Waals surface area contributed by atoms with E-state index in [9.17, 15) is 9.59 Å². The standard InChI is InChI=1S/C20H24O6/c1-5-6-7-8-11-23-18-16-10-9-15(25-14(4)21)12-17(16)26-20(22)19(18)24-13(2)3/h6-7,9-10,12-13H,5,8,11H2,1-4H3/b7-6+. The number of carbonyl (C=O) groups excluding carboxylic acids is 1. The maximum atomic E-state index is 12.4. The molecule has 0 bridgehead atoms. The summed E-state index contributed by atoms with van der Waals surface area (Å²) < 4.78 is 21.9. The molecule has 6 nitrogen and oxygen atoms in total. The van der Waals surface area contributed by atoms with Crippen molar-refractivity contribution in [2.75, 3.05) is 6.61 Å². The van der Waals surface area contributed by atoms with Crippen molar-refractivity contribution in [3.8, 4) is 17.2 Å². The first-order valence-corrected chi connectivity index (χ1v) is 8.66. The van der Waals surface area contributed by atoms with Gasteiger partial charge in [0, 0.05) is 13.0 Å². The van der Waals surface area contributed by atoms with Gasteiger partial charge >= 0.3 is 11.6 Å². The lowest BCUT2D eigenvalue weighted by Gasteiger charge is -2.15. The molecular weight excluding hydrogens is 336 g/mol. The molecule has 0 radical (unpaired) electrons. The Morgan fingerprint density at radius 2 is 2.00 bits per heavy atom. The first-order chi connectivity index (χ1) is 12.4. The lowest BCUT2D eigenvalue weighted by atomic mass is 10.2. The van der Waals surface area contributed by atoms with Crippen molar-refractivity contribution in [3.63, 3.8) is 0 Å². The second-order valence-corrected chi connectivity index (χ2v) is 5.98. The van der Waals surface area contributed by atoms with E-state index in [-0.39, 0.29) is 17.4 Å². The van der Waals surface area contributed by atoms with Crippen molar-refractivity contribution in [1.82, 2.24) is 0 Å². The Labute approximate surface area is 152 Å². The third-order valence-corrected chi connectivity index (χ3v) is 3.34. The van der Waals surface area contributed by atoms with Crippen LogP contribution in [0.2, 0.25) is 0 Å². The van der Waals surface area contributed by atoms with Crippen molar-refractivity contribution >= 4 is 16.9 Å². The van der Waals surface area contributed by atoms with E-state index in [1.807, 2.05) is 19.9 Å². The first kappa shape index (κ1) is 19.6. The van der Waals surface area contributed by atoms with E-state index in [0.717, 1.165) is 6.42 Å². The Balaban J connectivity index is 2.45. The quantitative estimate of drug-likeness (QED) is 0.230. The minimum absolute atomic E-state index is 0.0483. The average molecular weight is 360 g/mol. The molecule has 0 atom stereocenters. The summed E-state index contributed by atoms with van der Waals surface area (Å²) in [6.07, 6.45) is 5.53. The number of fused-ring (bicyclic) bond motifs is 1. The Morgan fingerprint density at radius 3 is 2.65 bits per heavy atom. The van der Waals surface area contributed by atoms with E-state index in [0.29, 0.717) is 29.9 Å². The van der Waals surface area contributed by atoms with Crippen molar-refractivity contribution in [2.24, 2.45) is 0 Å². The van der Waals surface area contributed by atoms with Gasteiger partial charge in [-0.25, -0.2) is 4.79 Å². The number of ether oxygens (including phenoxy) is 3. The van der Waals surface area contributed by atoms with Gasteiger partial charge in [-0.05, 0) is 38.8 Å². The van der Waals surface area contributed by atoms with Crippen LogP contribution in [0.25, 0.3) is 11.0 Å². The number of allylic oxidation sites excluding steroid dienone is 1. The van der Waals surface area contributed by atoms with Gasteiger partial charge in [0.05, 0.1) is 18.1 Å². The lowest BCUT2D eigenvalue weighted by molar-refractivity contribution is -0.131. The van der Waals surface area contributed by atoms with Crippen LogP contribution in [0.4, 0.5) is 0 Å². The van der Waals surface area contributed by atoms with Crippen LogP contribution in [0.5, 0.6) is 17.2 Å². The zero-order chi connectivity index (χ0) is 19.1. The van der Waals surface area contributed by atoms with Gasteiger partial charge in [-0.2, -0.15) is 0 Å². The summed E-state index contributed by atoms with van der Waals surface area (Å²) in [4.78, 5) is 23.5. The van der Waals surface area contributed by atoms with E-state index in [2.05, 4.69) is 13.0 Å². The molecule has 1 aromatic carbocycles. The smallest absolute Gasteiger partial charge is 0.383 e. The molecule has 0 fully saturated rings. The van der Waals surface area contributed by atoms with Crippen molar-refractivity contribution in [1.29, 1.82) is 0 Å². The lowest BCUT2D eigenvalue weighted by Crippen LogP contribution is -2.15. The number of carbonyl (C=O) groups is 1. The largest absolute Gasteiger partial charge is 0.488 e. The Hall–Kier alpha value is -2.76. The summed E-state index contributed by atoms with van der Waals surface area (Å²) in [5.41, 5.74) is -0.366. The molecule has 0 amide bonds. The van der Waals surface area contributed by atoms with Gasteiger partial charge in [-0.15, -0.1) is 0 Å². The Bertz CT molecular complexity index is 847. The van der Waals surface area contributed by atoms with E-state index < -0.39 is 11.6 Å². The predicted molar refractivity (Wildman–Crippen MR) is 99.1 cm³/mol. The SMILES string of the molecule is CC/C=C/CCOc1c(OC(C)C)c(=O)oc2cc(OC(C)=O)ccc12. The summed E-state index contributed by atoms with van der Waals surface area (Å²) in [5, 5.41) is 0.579. The van der Waals surface area contributed by atoms with Gasteiger partial charge in [-0.1, -0.05) is 19.1 Å². The molecule has 0 N–H and O–H groups in total. The second kappa shape index (κ2) is 9.08. The zero-order valence-electron chi connectivity index (χ0n) is 15.5. The van der Waals surface area contributed by atoms with Crippen LogP contribution in [-0.2, 0) is 4.79 Å². The summed E-state index contributed by atoms with van der Waals surface area (Å²) in [7, 11) is 0. The van der Waals surface area contributed by atoms with Crippen LogP contribution in [-0.4, -0.2) is 18.7 Å². The highest BCUT2D eigenvalue weighted by Crippen LogP contribution is 2.35. The fraction of sp³-hybridized carbons (Fsp3) is 0.400. The normalized spacial score (nSPS) is 11.3. The van der Waals surface area contributed by atoms with E-state index >= 15 is 0 Å². The molecule has 140 valence electrons. The highest BCUT2D eigenvalue weighted by Gasteiger charge is 2.19. The molecule has 2 aromatic rings. The molecular formula is C20H24O6. The topological polar surface area (TPSA) is 75.0 Å². The maximum Gasteiger partial charge on any atom is 0.383 e. The van der Waals surface area contributed by atoms with Crippen LogP contribution >= 0.6 is 0 Å². The molecule has 0 aliphatic rings. The molecule has 0 saturated heterocycles. The van der Waals surface area contributed by atoms with Crippen LogP contribution in [0.3, 0.4) is 0 Å². The molecule has 0 unspecified atom stereocenters.